The number of alkyl halides is 3. The first-order valence-corrected chi connectivity index (χ1v) is 13.4. The summed E-state index contributed by atoms with van der Waals surface area (Å²) in [5.74, 6) is -0.681. The van der Waals surface area contributed by atoms with Crippen molar-refractivity contribution in [1.82, 2.24) is 24.4 Å². The Kier molecular flexibility index (Phi) is 7.17. The molecule has 0 aliphatic rings. The number of benzene rings is 1. The maximum absolute atomic E-state index is 14.0. The van der Waals surface area contributed by atoms with Crippen LogP contribution in [0.3, 0.4) is 0 Å². The molecule has 0 aliphatic heterocycles. The number of carbonyl (C=O) groups excluding carboxylic acids is 1. The fourth-order valence-electron chi connectivity index (χ4n) is 4.14. The van der Waals surface area contributed by atoms with Gasteiger partial charge in [0.1, 0.15) is 0 Å². The van der Waals surface area contributed by atoms with Crippen molar-refractivity contribution in [1.29, 1.82) is 0 Å². The van der Waals surface area contributed by atoms with Crippen molar-refractivity contribution in [2.24, 2.45) is 0 Å². The molecule has 0 aliphatic carbocycles. The molecular weight excluding hydrogens is 572 g/mol. The standard InChI is InChI=1S/C26H21Cl2F3N6OS/c1-4-16-6-8-21(39-16)19-10-22(26(29,30)31)37-23(32-19)11-20(35-37)25(38)33-24-13(2)34-36(14(24)3)12-15-5-7-17(27)18(28)9-15/h5-11H,4,12H2,1-3H3,(H,33,38). The Balaban J connectivity index is 1.46. The number of hydrogen-bond donors (Lipinski definition) is 1. The van der Waals surface area contributed by atoms with E-state index in [0.717, 1.165) is 22.9 Å². The van der Waals surface area contributed by atoms with Crippen molar-refractivity contribution in [2.75, 3.05) is 5.32 Å². The highest BCUT2D eigenvalue weighted by Crippen LogP contribution is 2.35. The zero-order valence-electron chi connectivity index (χ0n) is 20.9. The van der Waals surface area contributed by atoms with Gasteiger partial charge < -0.3 is 5.32 Å². The van der Waals surface area contributed by atoms with Crippen LogP contribution in [-0.4, -0.2) is 30.3 Å². The first-order chi connectivity index (χ1) is 18.4. The Hall–Kier alpha value is -3.41. The number of fused-ring (bicyclic) bond motifs is 1. The minimum atomic E-state index is -4.71. The van der Waals surface area contributed by atoms with Gasteiger partial charge in [0.2, 0.25) is 0 Å². The van der Waals surface area contributed by atoms with Crippen molar-refractivity contribution in [2.45, 2.75) is 39.9 Å². The Morgan fingerprint density at radius 3 is 2.49 bits per heavy atom. The summed E-state index contributed by atoms with van der Waals surface area (Å²) < 4.78 is 44.2. The smallest absolute Gasteiger partial charge is 0.317 e. The number of rotatable bonds is 6. The van der Waals surface area contributed by atoms with Crippen LogP contribution in [0.25, 0.3) is 16.2 Å². The SMILES string of the molecule is CCc1ccc(-c2cc(C(F)(F)F)n3nc(C(=O)Nc4c(C)nn(Cc5ccc(Cl)c(Cl)c5)c4C)cc3n2)s1. The molecular formula is C26H21Cl2F3N6OS. The van der Waals surface area contributed by atoms with Gasteiger partial charge in [0.25, 0.3) is 5.91 Å². The molecule has 0 unspecified atom stereocenters. The zero-order chi connectivity index (χ0) is 28.1. The lowest BCUT2D eigenvalue weighted by Gasteiger charge is -2.10. The third-order valence-electron chi connectivity index (χ3n) is 6.15. The summed E-state index contributed by atoms with van der Waals surface area (Å²) in [6.07, 6.45) is -3.95. The highest BCUT2D eigenvalue weighted by molar-refractivity contribution is 7.15. The lowest BCUT2D eigenvalue weighted by Crippen LogP contribution is -2.16. The van der Waals surface area contributed by atoms with Crippen LogP contribution in [0, 0.1) is 13.8 Å². The largest absolute Gasteiger partial charge is 0.433 e. The van der Waals surface area contributed by atoms with Gasteiger partial charge in [0.15, 0.2) is 17.0 Å². The molecule has 1 amide bonds. The second-order valence-electron chi connectivity index (χ2n) is 8.85. The number of amides is 1. The molecule has 0 fully saturated rings. The first kappa shape index (κ1) is 27.2. The summed E-state index contributed by atoms with van der Waals surface area (Å²) in [6, 6.07) is 11.0. The van der Waals surface area contributed by atoms with Gasteiger partial charge in [0, 0.05) is 10.9 Å². The summed E-state index contributed by atoms with van der Waals surface area (Å²) >= 11 is 13.5. The Morgan fingerprint density at radius 1 is 1.05 bits per heavy atom. The van der Waals surface area contributed by atoms with E-state index in [0.29, 0.717) is 43.1 Å². The Labute approximate surface area is 235 Å². The number of hydrogen-bond acceptors (Lipinski definition) is 5. The number of carbonyl (C=O) groups is 1. The van der Waals surface area contributed by atoms with Gasteiger partial charge in [-0.2, -0.15) is 23.4 Å². The lowest BCUT2D eigenvalue weighted by molar-refractivity contribution is -0.142. The minimum absolute atomic E-state index is 0.0832. The first-order valence-electron chi connectivity index (χ1n) is 11.8. The topological polar surface area (TPSA) is 77.1 Å². The van der Waals surface area contributed by atoms with E-state index in [1.807, 2.05) is 19.1 Å². The van der Waals surface area contributed by atoms with Crippen molar-refractivity contribution < 1.29 is 18.0 Å². The quantitative estimate of drug-likeness (QED) is 0.222. The number of halogens is 5. The van der Waals surface area contributed by atoms with E-state index >= 15 is 0 Å². The Morgan fingerprint density at radius 2 is 1.82 bits per heavy atom. The van der Waals surface area contributed by atoms with Crippen LogP contribution in [0.4, 0.5) is 18.9 Å². The van der Waals surface area contributed by atoms with Crippen LogP contribution in [0.5, 0.6) is 0 Å². The zero-order valence-corrected chi connectivity index (χ0v) is 23.2. The Bertz CT molecular complexity index is 1720. The number of thiophene rings is 1. The van der Waals surface area contributed by atoms with Crippen molar-refractivity contribution >= 4 is 51.8 Å². The van der Waals surface area contributed by atoms with E-state index < -0.39 is 17.8 Å². The number of nitrogens with one attached hydrogen (secondary N) is 1. The molecule has 5 rings (SSSR count). The molecule has 13 heteroatoms. The average Bonchev–Trinajstić information content (AvgIpc) is 3.59. The summed E-state index contributed by atoms with van der Waals surface area (Å²) in [5.41, 5.74) is 1.33. The lowest BCUT2D eigenvalue weighted by atomic mass is 10.2. The van der Waals surface area contributed by atoms with Gasteiger partial charge in [-0.15, -0.1) is 11.3 Å². The van der Waals surface area contributed by atoms with Crippen molar-refractivity contribution in [3.8, 4) is 10.6 Å². The van der Waals surface area contributed by atoms with Crippen LogP contribution in [0.1, 0.15) is 44.9 Å². The van der Waals surface area contributed by atoms with Crippen molar-refractivity contribution in [3.63, 3.8) is 0 Å². The monoisotopic (exact) mass is 592 g/mol. The van der Waals surface area contributed by atoms with Crippen LogP contribution < -0.4 is 5.32 Å². The maximum Gasteiger partial charge on any atom is 0.433 e. The van der Waals surface area contributed by atoms with Crippen LogP contribution >= 0.6 is 34.5 Å². The van der Waals surface area contributed by atoms with Gasteiger partial charge in [-0.3, -0.25) is 9.48 Å². The number of anilines is 1. The van der Waals surface area contributed by atoms with E-state index in [-0.39, 0.29) is 17.0 Å². The molecule has 4 heterocycles. The molecule has 5 aromatic rings. The summed E-state index contributed by atoms with van der Waals surface area (Å²) in [6.45, 7) is 5.84. The summed E-state index contributed by atoms with van der Waals surface area (Å²) in [5, 5.41) is 12.0. The molecule has 39 heavy (non-hydrogen) atoms. The van der Waals surface area contributed by atoms with E-state index in [4.69, 9.17) is 23.2 Å². The number of aromatic nitrogens is 5. The van der Waals surface area contributed by atoms with Crippen LogP contribution in [0.15, 0.2) is 42.5 Å². The fourth-order valence-corrected chi connectivity index (χ4v) is 5.37. The van der Waals surface area contributed by atoms with Gasteiger partial charge >= 0.3 is 6.18 Å². The van der Waals surface area contributed by atoms with E-state index in [1.165, 1.54) is 17.4 Å². The molecule has 0 atom stereocenters. The second kappa shape index (κ2) is 10.3. The average molecular weight is 593 g/mol. The minimum Gasteiger partial charge on any atom is -0.317 e. The fraction of sp³-hybridized carbons (Fsp3) is 0.231. The summed E-state index contributed by atoms with van der Waals surface area (Å²) in [4.78, 5) is 19.1. The molecule has 0 saturated heterocycles. The predicted molar refractivity (Wildman–Crippen MR) is 146 cm³/mol. The van der Waals surface area contributed by atoms with Gasteiger partial charge in [0.05, 0.1) is 44.2 Å². The highest BCUT2D eigenvalue weighted by Gasteiger charge is 2.36. The normalized spacial score (nSPS) is 11.9. The van der Waals surface area contributed by atoms with Crippen LogP contribution in [0.2, 0.25) is 10.0 Å². The highest BCUT2D eigenvalue weighted by atomic mass is 35.5. The van der Waals surface area contributed by atoms with Crippen LogP contribution in [-0.2, 0) is 19.1 Å². The van der Waals surface area contributed by atoms with Gasteiger partial charge in [-0.1, -0.05) is 36.2 Å². The molecule has 7 nitrogen and oxygen atoms in total. The predicted octanol–water partition coefficient (Wildman–Crippen LogP) is 7.46. The van der Waals surface area contributed by atoms with E-state index in [2.05, 4.69) is 20.5 Å². The molecule has 202 valence electrons. The molecule has 0 saturated carbocycles. The second-order valence-corrected chi connectivity index (χ2v) is 10.8. The molecule has 1 N–H and O–H groups in total. The maximum atomic E-state index is 14.0. The molecule has 0 spiro atoms. The van der Waals surface area contributed by atoms with Crippen molar-refractivity contribution in [3.05, 3.63) is 85.7 Å². The molecule has 0 radical (unpaired) electrons. The molecule has 0 bridgehead atoms. The van der Waals surface area contributed by atoms with Gasteiger partial charge in [-0.25, -0.2) is 9.50 Å². The van der Waals surface area contributed by atoms with E-state index in [9.17, 15) is 18.0 Å². The number of nitrogens with zero attached hydrogens (tertiary/aromatic N) is 5. The molecule has 4 aromatic heterocycles. The number of aryl methyl sites for hydroxylation is 2. The third-order valence-corrected chi connectivity index (χ3v) is 8.14. The van der Waals surface area contributed by atoms with Gasteiger partial charge in [-0.05, 0) is 56.2 Å². The summed E-state index contributed by atoms with van der Waals surface area (Å²) in [7, 11) is 0. The van der Waals surface area contributed by atoms with E-state index in [1.54, 1.807) is 36.7 Å². The third kappa shape index (κ3) is 5.39. The molecule has 1 aromatic carbocycles.